The number of sulfonamides is 1. The van der Waals surface area contributed by atoms with Gasteiger partial charge in [0.1, 0.15) is 0 Å². The van der Waals surface area contributed by atoms with E-state index in [1.807, 2.05) is 13.8 Å². The van der Waals surface area contributed by atoms with E-state index >= 15 is 0 Å². The molecule has 0 saturated carbocycles. The first kappa shape index (κ1) is 16.1. The first-order chi connectivity index (χ1) is 8.43. The molecule has 18 heavy (non-hydrogen) atoms. The summed E-state index contributed by atoms with van der Waals surface area (Å²) < 4.78 is 28.0. The van der Waals surface area contributed by atoms with Gasteiger partial charge in [0.2, 0.25) is 10.0 Å². The molecule has 1 aromatic rings. The van der Waals surface area contributed by atoms with Crippen molar-refractivity contribution >= 4 is 41.9 Å². The quantitative estimate of drug-likeness (QED) is 0.725. The first-order valence-electron chi connectivity index (χ1n) is 5.88. The molecule has 0 atom stereocenters. The molecule has 0 amide bonds. The van der Waals surface area contributed by atoms with Gasteiger partial charge >= 0.3 is 0 Å². The van der Waals surface area contributed by atoms with Crippen molar-refractivity contribution in [1.29, 1.82) is 0 Å². The summed E-state index contributed by atoms with van der Waals surface area (Å²) in [5, 5.41) is 0. The molecule has 0 aliphatic rings. The van der Waals surface area contributed by atoms with Crippen LogP contribution >= 0.6 is 31.9 Å². The summed E-state index contributed by atoms with van der Waals surface area (Å²) >= 11 is 6.64. The number of hydrogen-bond donors (Lipinski definition) is 0. The smallest absolute Gasteiger partial charge is 0.207 e. The van der Waals surface area contributed by atoms with Gasteiger partial charge in [-0.15, -0.1) is 0 Å². The van der Waals surface area contributed by atoms with Crippen molar-refractivity contribution in [3.05, 3.63) is 27.1 Å². The Morgan fingerprint density at radius 2 is 1.67 bits per heavy atom. The standard InChI is InChI=1S/C12H17Br2NO2S/c1-3-7-15(8-4-2)18(16,17)12-6-5-10(13)9-11(12)14/h5-6,9H,3-4,7-8H2,1-2H3. The Kier molecular flexibility index (Phi) is 6.30. The highest BCUT2D eigenvalue weighted by Gasteiger charge is 2.25. The van der Waals surface area contributed by atoms with Crippen LogP contribution in [0.1, 0.15) is 26.7 Å². The van der Waals surface area contributed by atoms with Gasteiger partial charge in [-0.05, 0) is 47.0 Å². The van der Waals surface area contributed by atoms with Crippen molar-refractivity contribution in [2.24, 2.45) is 0 Å². The molecule has 3 nitrogen and oxygen atoms in total. The SMILES string of the molecule is CCCN(CCC)S(=O)(=O)c1ccc(Br)cc1Br. The zero-order valence-corrected chi connectivity index (χ0v) is 14.5. The third kappa shape index (κ3) is 3.79. The molecule has 0 radical (unpaired) electrons. The molecular weight excluding hydrogens is 382 g/mol. The van der Waals surface area contributed by atoms with Crippen molar-refractivity contribution in [2.75, 3.05) is 13.1 Å². The Labute approximate surface area is 126 Å². The van der Waals surface area contributed by atoms with Gasteiger partial charge in [-0.25, -0.2) is 8.42 Å². The van der Waals surface area contributed by atoms with Crippen LogP contribution in [0.3, 0.4) is 0 Å². The lowest BCUT2D eigenvalue weighted by atomic mass is 10.4. The molecule has 0 heterocycles. The number of halogens is 2. The van der Waals surface area contributed by atoms with Gasteiger partial charge in [0.25, 0.3) is 0 Å². The van der Waals surface area contributed by atoms with E-state index in [1.165, 1.54) is 0 Å². The summed E-state index contributed by atoms with van der Waals surface area (Å²) in [5.41, 5.74) is 0. The van der Waals surface area contributed by atoms with E-state index in [2.05, 4.69) is 31.9 Å². The fraction of sp³-hybridized carbons (Fsp3) is 0.500. The summed E-state index contributed by atoms with van der Waals surface area (Å²) in [4.78, 5) is 0.326. The Hall–Kier alpha value is 0.0900. The van der Waals surface area contributed by atoms with Crippen LogP contribution in [-0.2, 0) is 10.0 Å². The van der Waals surface area contributed by atoms with Gasteiger partial charge < -0.3 is 0 Å². The third-order valence-corrected chi connectivity index (χ3v) is 5.83. The molecule has 0 aromatic heterocycles. The fourth-order valence-corrected chi connectivity index (χ4v) is 5.00. The summed E-state index contributed by atoms with van der Waals surface area (Å²) in [6, 6.07) is 5.12. The van der Waals surface area contributed by atoms with E-state index in [4.69, 9.17) is 0 Å². The van der Waals surface area contributed by atoms with Crippen LogP contribution in [0.4, 0.5) is 0 Å². The Balaban J connectivity index is 3.17. The van der Waals surface area contributed by atoms with Crippen LogP contribution < -0.4 is 0 Å². The highest BCUT2D eigenvalue weighted by Crippen LogP contribution is 2.28. The molecule has 1 aromatic carbocycles. The van der Waals surface area contributed by atoms with E-state index < -0.39 is 10.0 Å². The number of hydrogen-bond acceptors (Lipinski definition) is 2. The molecule has 0 fully saturated rings. The molecule has 0 saturated heterocycles. The Morgan fingerprint density at radius 1 is 1.11 bits per heavy atom. The van der Waals surface area contributed by atoms with Crippen LogP contribution in [0, 0.1) is 0 Å². The van der Waals surface area contributed by atoms with E-state index in [0.717, 1.165) is 17.3 Å². The van der Waals surface area contributed by atoms with Gasteiger partial charge in [0, 0.05) is 22.0 Å². The van der Waals surface area contributed by atoms with Crippen molar-refractivity contribution in [1.82, 2.24) is 4.31 Å². The largest absolute Gasteiger partial charge is 0.244 e. The fourth-order valence-electron chi connectivity index (χ4n) is 1.67. The molecule has 0 aliphatic heterocycles. The van der Waals surface area contributed by atoms with Crippen molar-refractivity contribution in [2.45, 2.75) is 31.6 Å². The van der Waals surface area contributed by atoms with Crippen LogP contribution in [0.2, 0.25) is 0 Å². The van der Waals surface area contributed by atoms with E-state index in [9.17, 15) is 8.42 Å². The van der Waals surface area contributed by atoms with E-state index in [1.54, 1.807) is 22.5 Å². The average Bonchev–Trinajstić information content (AvgIpc) is 2.28. The highest BCUT2D eigenvalue weighted by molar-refractivity contribution is 9.11. The van der Waals surface area contributed by atoms with Crippen molar-refractivity contribution in [3.63, 3.8) is 0 Å². The van der Waals surface area contributed by atoms with Gasteiger partial charge in [0.05, 0.1) is 4.90 Å². The number of nitrogens with zero attached hydrogens (tertiary/aromatic N) is 1. The average molecular weight is 399 g/mol. The third-order valence-electron chi connectivity index (χ3n) is 2.46. The second-order valence-electron chi connectivity index (χ2n) is 3.98. The minimum absolute atomic E-state index is 0.326. The van der Waals surface area contributed by atoms with E-state index in [0.29, 0.717) is 22.5 Å². The minimum Gasteiger partial charge on any atom is -0.207 e. The topological polar surface area (TPSA) is 37.4 Å². The molecule has 6 heteroatoms. The van der Waals surface area contributed by atoms with Crippen LogP contribution in [0.15, 0.2) is 32.0 Å². The maximum absolute atomic E-state index is 12.5. The lowest BCUT2D eigenvalue weighted by Crippen LogP contribution is -2.32. The molecule has 0 N–H and O–H groups in total. The maximum Gasteiger partial charge on any atom is 0.244 e. The summed E-state index contributed by atoms with van der Waals surface area (Å²) in [6.45, 7) is 5.07. The predicted molar refractivity (Wildman–Crippen MR) is 81.2 cm³/mol. The number of rotatable bonds is 6. The second kappa shape index (κ2) is 7.03. The Morgan fingerprint density at radius 3 is 2.11 bits per heavy atom. The summed E-state index contributed by atoms with van der Waals surface area (Å²) in [7, 11) is -3.41. The van der Waals surface area contributed by atoms with Crippen LogP contribution in [-0.4, -0.2) is 25.8 Å². The second-order valence-corrected chi connectivity index (χ2v) is 7.66. The van der Waals surface area contributed by atoms with Crippen LogP contribution in [0.25, 0.3) is 0 Å². The van der Waals surface area contributed by atoms with E-state index in [-0.39, 0.29) is 0 Å². The zero-order chi connectivity index (χ0) is 13.8. The van der Waals surface area contributed by atoms with Crippen molar-refractivity contribution < 1.29 is 8.42 Å². The summed E-state index contributed by atoms with van der Waals surface area (Å²) in [5.74, 6) is 0. The van der Waals surface area contributed by atoms with Crippen LogP contribution in [0.5, 0.6) is 0 Å². The van der Waals surface area contributed by atoms with Gasteiger partial charge in [-0.2, -0.15) is 4.31 Å². The normalized spacial score (nSPS) is 12.1. The molecule has 1 rings (SSSR count). The van der Waals surface area contributed by atoms with Gasteiger partial charge in [0.15, 0.2) is 0 Å². The van der Waals surface area contributed by atoms with Gasteiger partial charge in [-0.1, -0.05) is 29.8 Å². The molecule has 0 aliphatic carbocycles. The lowest BCUT2D eigenvalue weighted by Gasteiger charge is -2.21. The first-order valence-corrected chi connectivity index (χ1v) is 8.91. The number of benzene rings is 1. The molecule has 102 valence electrons. The maximum atomic E-state index is 12.5. The monoisotopic (exact) mass is 397 g/mol. The molecule has 0 bridgehead atoms. The predicted octanol–water partition coefficient (Wildman–Crippen LogP) is 4.02. The van der Waals surface area contributed by atoms with Gasteiger partial charge in [-0.3, -0.25) is 0 Å². The Bertz CT molecular complexity index is 497. The lowest BCUT2D eigenvalue weighted by molar-refractivity contribution is 0.409. The van der Waals surface area contributed by atoms with Crippen molar-refractivity contribution in [3.8, 4) is 0 Å². The highest BCUT2D eigenvalue weighted by atomic mass is 79.9. The summed E-state index contributed by atoms with van der Waals surface area (Å²) in [6.07, 6.45) is 1.63. The minimum atomic E-state index is -3.41. The molecule has 0 spiro atoms. The zero-order valence-electron chi connectivity index (χ0n) is 10.5. The molecule has 0 unspecified atom stereocenters. The molecular formula is C12H17Br2NO2S.